The molecular weight excluding hydrogens is 390 g/mol. The lowest BCUT2D eigenvalue weighted by Crippen LogP contribution is -2.44. The van der Waals surface area contributed by atoms with Crippen molar-refractivity contribution < 1.29 is 9.59 Å². The molecular formula is C24H31N5O2. The van der Waals surface area contributed by atoms with Crippen LogP contribution in [0, 0.1) is 5.92 Å². The molecule has 7 heteroatoms. The van der Waals surface area contributed by atoms with E-state index in [1.165, 1.54) is 19.3 Å². The van der Waals surface area contributed by atoms with Gasteiger partial charge >= 0.3 is 6.03 Å². The normalized spacial score (nSPS) is 17.7. The number of benzene rings is 1. The van der Waals surface area contributed by atoms with Gasteiger partial charge < -0.3 is 20.9 Å². The first-order valence-electron chi connectivity index (χ1n) is 11.3. The van der Waals surface area contributed by atoms with Crippen molar-refractivity contribution in [2.75, 3.05) is 28.6 Å². The lowest BCUT2D eigenvalue weighted by atomic mass is 9.92. The number of carbonyl (C=O) groups excluding carboxylic acids is 2. The smallest absolute Gasteiger partial charge is 0.323 e. The number of para-hydroxylation sites is 1. The lowest BCUT2D eigenvalue weighted by Gasteiger charge is -2.33. The number of piperidine rings is 1. The average molecular weight is 422 g/mol. The first-order valence-corrected chi connectivity index (χ1v) is 11.3. The summed E-state index contributed by atoms with van der Waals surface area (Å²) < 4.78 is 0. The average Bonchev–Trinajstić information content (AvgIpc) is 2.81. The van der Waals surface area contributed by atoms with Crippen molar-refractivity contribution in [3.05, 3.63) is 48.7 Å². The number of rotatable bonds is 5. The molecule has 1 saturated heterocycles. The maximum absolute atomic E-state index is 12.6. The minimum absolute atomic E-state index is 0.0980. The largest absolute Gasteiger partial charge is 0.357 e. The first-order chi connectivity index (χ1) is 15.2. The number of carbonyl (C=O) groups is 2. The van der Waals surface area contributed by atoms with Gasteiger partial charge in [0.1, 0.15) is 5.82 Å². The molecule has 1 aromatic heterocycles. The highest BCUT2D eigenvalue weighted by Gasteiger charge is 2.27. The third kappa shape index (κ3) is 5.96. The van der Waals surface area contributed by atoms with Crippen LogP contribution in [-0.2, 0) is 4.79 Å². The second-order valence-electron chi connectivity index (χ2n) is 8.46. The second kappa shape index (κ2) is 10.3. The van der Waals surface area contributed by atoms with E-state index in [2.05, 4.69) is 25.8 Å². The van der Waals surface area contributed by atoms with Crippen LogP contribution in [0.15, 0.2) is 48.7 Å². The molecule has 1 aromatic carbocycles. The van der Waals surface area contributed by atoms with Crippen LogP contribution in [0.4, 0.5) is 22.0 Å². The standard InChI is InChI=1S/C24H31N5O2/c30-23(26-19-7-3-1-4-8-19)18-13-15-29(16-14-18)22-12-11-21(17-25-22)28-24(31)27-20-9-5-2-6-10-20/h2,5-6,9-12,17-19H,1,3-4,7-8,13-16H2,(H,26,30)(H2,27,28,31). The summed E-state index contributed by atoms with van der Waals surface area (Å²) in [5.41, 5.74) is 1.37. The Labute approximate surface area is 183 Å². The third-order valence-corrected chi connectivity index (χ3v) is 6.18. The van der Waals surface area contributed by atoms with E-state index < -0.39 is 0 Å². The summed E-state index contributed by atoms with van der Waals surface area (Å²) in [6.45, 7) is 1.63. The van der Waals surface area contributed by atoms with Crippen molar-refractivity contribution in [3.63, 3.8) is 0 Å². The molecule has 164 valence electrons. The van der Waals surface area contributed by atoms with Gasteiger partial charge in [-0.25, -0.2) is 9.78 Å². The molecule has 1 aliphatic heterocycles. The van der Waals surface area contributed by atoms with Crippen molar-refractivity contribution in [3.8, 4) is 0 Å². The van der Waals surface area contributed by atoms with Gasteiger partial charge in [-0.3, -0.25) is 4.79 Å². The van der Waals surface area contributed by atoms with E-state index in [4.69, 9.17) is 0 Å². The van der Waals surface area contributed by atoms with E-state index in [0.717, 1.165) is 50.3 Å². The van der Waals surface area contributed by atoms with Crippen LogP contribution in [0.1, 0.15) is 44.9 Å². The van der Waals surface area contributed by atoms with Crippen LogP contribution < -0.4 is 20.9 Å². The molecule has 0 atom stereocenters. The number of nitrogens with one attached hydrogen (secondary N) is 3. The Morgan fingerprint density at radius 2 is 1.55 bits per heavy atom. The van der Waals surface area contributed by atoms with Crippen molar-refractivity contribution in [1.29, 1.82) is 0 Å². The fourth-order valence-electron chi connectivity index (χ4n) is 4.40. The topological polar surface area (TPSA) is 86.4 Å². The van der Waals surface area contributed by atoms with Crippen LogP contribution in [0.2, 0.25) is 0 Å². The monoisotopic (exact) mass is 421 g/mol. The summed E-state index contributed by atoms with van der Waals surface area (Å²) in [6.07, 6.45) is 9.36. The summed E-state index contributed by atoms with van der Waals surface area (Å²) in [7, 11) is 0. The quantitative estimate of drug-likeness (QED) is 0.668. The molecule has 2 fully saturated rings. The predicted octanol–water partition coefficient (Wildman–Crippen LogP) is 4.39. The molecule has 0 unspecified atom stereocenters. The van der Waals surface area contributed by atoms with Crippen LogP contribution in [0.3, 0.4) is 0 Å². The van der Waals surface area contributed by atoms with Gasteiger partial charge in [-0.05, 0) is 49.9 Å². The minimum atomic E-state index is -0.300. The van der Waals surface area contributed by atoms with E-state index in [1.807, 2.05) is 42.5 Å². The molecule has 0 bridgehead atoms. The van der Waals surface area contributed by atoms with Crippen molar-refractivity contribution in [2.45, 2.75) is 51.0 Å². The van der Waals surface area contributed by atoms with Gasteiger partial charge in [0.2, 0.25) is 5.91 Å². The summed E-state index contributed by atoms with van der Waals surface area (Å²) in [5, 5.41) is 8.85. The highest BCUT2D eigenvalue weighted by molar-refractivity contribution is 5.99. The number of hydrogen-bond donors (Lipinski definition) is 3. The zero-order valence-corrected chi connectivity index (χ0v) is 17.8. The zero-order chi connectivity index (χ0) is 21.5. The fraction of sp³-hybridized carbons (Fsp3) is 0.458. The number of pyridine rings is 1. The van der Waals surface area contributed by atoms with E-state index in [9.17, 15) is 9.59 Å². The Hall–Kier alpha value is -3.09. The number of amides is 3. The van der Waals surface area contributed by atoms with Gasteiger partial charge in [0.15, 0.2) is 0 Å². The molecule has 31 heavy (non-hydrogen) atoms. The SMILES string of the molecule is O=C(Nc1ccccc1)Nc1ccc(N2CCC(C(=O)NC3CCCCC3)CC2)nc1. The van der Waals surface area contributed by atoms with Gasteiger partial charge in [0.05, 0.1) is 11.9 Å². The molecule has 4 rings (SSSR count). The Balaban J connectivity index is 1.23. The van der Waals surface area contributed by atoms with Crippen LogP contribution in [0.5, 0.6) is 0 Å². The Bertz CT molecular complexity index is 857. The number of urea groups is 1. The summed E-state index contributed by atoms with van der Waals surface area (Å²) in [5.74, 6) is 1.20. The molecule has 1 aliphatic carbocycles. The van der Waals surface area contributed by atoms with E-state index in [1.54, 1.807) is 6.20 Å². The zero-order valence-electron chi connectivity index (χ0n) is 17.8. The molecule has 1 saturated carbocycles. The fourth-order valence-corrected chi connectivity index (χ4v) is 4.40. The van der Waals surface area contributed by atoms with Crippen LogP contribution in [0.25, 0.3) is 0 Å². The van der Waals surface area contributed by atoms with Crippen molar-refractivity contribution in [1.82, 2.24) is 10.3 Å². The molecule has 0 radical (unpaired) electrons. The van der Waals surface area contributed by atoms with E-state index >= 15 is 0 Å². The van der Waals surface area contributed by atoms with Gasteiger partial charge in [0.25, 0.3) is 0 Å². The van der Waals surface area contributed by atoms with Crippen molar-refractivity contribution in [2.24, 2.45) is 5.92 Å². The first kappa shape index (κ1) is 21.2. The molecule has 7 nitrogen and oxygen atoms in total. The van der Waals surface area contributed by atoms with Crippen molar-refractivity contribution >= 4 is 29.1 Å². The molecule has 2 aromatic rings. The summed E-state index contributed by atoms with van der Waals surface area (Å²) in [6, 6.07) is 13.2. The Kier molecular flexibility index (Phi) is 7.02. The molecule has 3 amide bonds. The molecule has 0 spiro atoms. The number of hydrogen-bond acceptors (Lipinski definition) is 4. The number of nitrogens with zero attached hydrogens (tertiary/aromatic N) is 2. The summed E-state index contributed by atoms with van der Waals surface area (Å²) in [4.78, 5) is 31.4. The predicted molar refractivity (Wildman–Crippen MR) is 123 cm³/mol. The second-order valence-corrected chi connectivity index (χ2v) is 8.46. The lowest BCUT2D eigenvalue weighted by molar-refractivity contribution is -0.126. The Morgan fingerprint density at radius 1 is 0.839 bits per heavy atom. The third-order valence-electron chi connectivity index (χ3n) is 6.18. The van der Waals surface area contributed by atoms with Crippen LogP contribution >= 0.6 is 0 Å². The molecule has 2 heterocycles. The summed E-state index contributed by atoms with van der Waals surface area (Å²) >= 11 is 0. The highest BCUT2D eigenvalue weighted by atomic mass is 16.2. The van der Waals surface area contributed by atoms with Gasteiger partial charge in [0, 0.05) is 30.7 Å². The maximum atomic E-state index is 12.6. The maximum Gasteiger partial charge on any atom is 0.323 e. The van der Waals surface area contributed by atoms with Gasteiger partial charge in [-0.1, -0.05) is 37.5 Å². The van der Waals surface area contributed by atoms with Crippen LogP contribution in [-0.4, -0.2) is 36.1 Å². The molecule has 3 N–H and O–H groups in total. The number of aromatic nitrogens is 1. The van der Waals surface area contributed by atoms with Gasteiger partial charge in [-0.2, -0.15) is 0 Å². The van der Waals surface area contributed by atoms with Gasteiger partial charge in [-0.15, -0.1) is 0 Å². The number of anilines is 3. The molecule has 2 aliphatic rings. The Morgan fingerprint density at radius 3 is 2.23 bits per heavy atom. The van der Waals surface area contributed by atoms with E-state index in [0.29, 0.717) is 11.7 Å². The van der Waals surface area contributed by atoms with E-state index in [-0.39, 0.29) is 17.9 Å². The minimum Gasteiger partial charge on any atom is -0.357 e. The highest BCUT2D eigenvalue weighted by Crippen LogP contribution is 2.24.